The van der Waals surface area contributed by atoms with E-state index < -0.39 is 0 Å². The van der Waals surface area contributed by atoms with Crippen molar-refractivity contribution in [3.63, 3.8) is 0 Å². The zero-order valence-corrected chi connectivity index (χ0v) is 8.22. The van der Waals surface area contributed by atoms with Gasteiger partial charge in [0.25, 0.3) is 5.91 Å². The van der Waals surface area contributed by atoms with Gasteiger partial charge in [0, 0.05) is 16.6 Å². The second kappa shape index (κ2) is 2.87. The predicted molar refractivity (Wildman–Crippen MR) is 56.3 cm³/mol. The Hall–Kier alpha value is -1.77. The number of nitrogens with one attached hydrogen (secondary N) is 1. The molecule has 0 aliphatic heterocycles. The Balaban J connectivity index is 2.90. The molecular formula is C11H12N2O. The van der Waals surface area contributed by atoms with Crippen LogP contribution >= 0.6 is 0 Å². The molecule has 0 atom stereocenters. The summed E-state index contributed by atoms with van der Waals surface area (Å²) in [4.78, 5) is 14.4. The topological polar surface area (TPSA) is 58.9 Å². The Labute approximate surface area is 81.9 Å². The lowest BCUT2D eigenvalue weighted by atomic mass is 10.1. The van der Waals surface area contributed by atoms with Crippen LogP contribution in [0.2, 0.25) is 0 Å². The van der Waals surface area contributed by atoms with E-state index in [0.717, 1.165) is 22.2 Å². The van der Waals surface area contributed by atoms with Gasteiger partial charge < -0.3 is 10.7 Å². The third-order valence-electron chi connectivity index (χ3n) is 2.48. The number of H-pyrrole nitrogens is 1. The van der Waals surface area contributed by atoms with Crippen LogP contribution in [0, 0.1) is 13.8 Å². The second-order valence-corrected chi connectivity index (χ2v) is 3.49. The Kier molecular flexibility index (Phi) is 1.81. The highest BCUT2D eigenvalue weighted by molar-refractivity contribution is 6.07. The smallest absolute Gasteiger partial charge is 0.251 e. The Morgan fingerprint density at radius 2 is 2.07 bits per heavy atom. The predicted octanol–water partition coefficient (Wildman–Crippen LogP) is 1.88. The van der Waals surface area contributed by atoms with Gasteiger partial charge in [0.2, 0.25) is 0 Å². The van der Waals surface area contributed by atoms with Gasteiger partial charge in [-0.05, 0) is 19.4 Å². The molecule has 1 aromatic heterocycles. The molecule has 0 saturated heterocycles. The number of fused-ring (bicyclic) bond motifs is 1. The summed E-state index contributed by atoms with van der Waals surface area (Å²) < 4.78 is 0. The Morgan fingerprint density at radius 1 is 1.36 bits per heavy atom. The molecule has 0 fully saturated rings. The summed E-state index contributed by atoms with van der Waals surface area (Å²) in [6.45, 7) is 3.86. The molecule has 72 valence electrons. The first kappa shape index (κ1) is 8.81. The maximum Gasteiger partial charge on any atom is 0.251 e. The first-order chi connectivity index (χ1) is 6.61. The van der Waals surface area contributed by atoms with Crippen molar-refractivity contribution < 1.29 is 4.79 Å². The first-order valence-corrected chi connectivity index (χ1v) is 4.49. The molecule has 1 amide bonds. The molecule has 0 saturated carbocycles. The SMILES string of the molecule is Cc1[nH]c2c(C)cccc2c1C(N)=O. The summed E-state index contributed by atoms with van der Waals surface area (Å²) in [7, 11) is 0. The molecule has 0 aliphatic carbocycles. The number of aromatic nitrogens is 1. The summed E-state index contributed by atoms with van der Waals surface area (Å²) in [5, 5.41) is 0.912. The van der Waals surface area contributed by atoms with Crippen molar-refractivity contribution in [3.05, 3.63) is 35.0 Å². The maximum absolute atomic E-state index is 11.2. The normalized spacial score (nSPS) is 10.7. The van der Waals surface area contributed by atoms with Crippen molar-refractivity contribution >= 4 is 16.8 Å². The maximum atomic E-state index is 11.2. The lowest BCUT2D eigenvalue weighted by molar-refractivity contribution is 0.100. The van der Waals surface area contributed by atoms with Gasteiger partial charge in [0.15, 0.2) is 0 Å². The Morgan fingerprint density at radius 3 is 2.71 bits per heavy atom. The van der Waals surface area contributed by atoms with Gasteiger partial charge in [-0.15, -0.1) is 0 Å². The van der Waals surface area contributed by atoms with Crippen molar-refractivity contribution in [1.29, 1.82) is 0 Å². The molecule has 1 aromatic carbocycles. The standard InChI is InChI=1S/C11H12N2O/c1-6-4-3-5-8-9(11(12)14)7(2)13-10(6)8/h3-5,13H,1-2H3,(H2,12,14). The summed E-state index contributed by atoms with van der Waals surface area (Å²) >= 11 is 0. The molecular weight excluding hydrogens is 176 g/mol. The molecule has 2 rings (SSSR count). The van der Waals surface area contributed by atoms with Crippen LogP contribution in [0.4, 0.5) is 0 Å². The number of aromatic amines is 1. The monoisotopic (exact) mass is 188 g/mol. The van der Waals surface area contributed by atoms with Gasteiger partial charge in [0.1, 0.15) is 0 Å². The number of nitrogens with two attached hydrogens (primary N) is 1. The van der Waals surface area contributed by atoms with Crippen LogP contribution in [0.25, 0.3) is 10.9 Å². The lowest BCUT2D eigenvalue weighted by Gasteiger charge is -1.95. The molecule has 0 bridgehead atoms. The molecule has 0 aliphatic rings. The summed E-state index contributed by atoms with van der Waals surface area (Å²) in [6, 6.07) is 5.84. The van der Waals surface area contributed by atoms with E-state index in [1.54, 1.807) is 0 Å². The second-order valence-electron chi connectivity index (χ2n) is 3.49. The number of hydrogen-bond acceptors (Lipinski definition) is 1. The fourth-order valence-electron chi connectivity index (χ4n) is 1.81. The van der Waals surface area contributed by atoms with Crippen LogP contribution in [0.5, 0.6) is 0 Å². The summed E-state index contributed by atoms with van der Waals surface area (Å²) in [5.41, 5.74) is 8.87. The molecule has 1 heterocycles. The van der Waals surface area contributed by atoms with Crippen molar-refractivity contribution in [3.8, 4) is 0 Å². The Bertz CT molecular complexity index is 511. The number of benzene rings is 1. The summed E-state index contributed by atoms with van der Waals surface area (Å²) in [5.74, 6) is -0.376. The molecule has 3 N–H and O–H groups in total. The van der Waals surface area contributed by atoms with E-state index >= 15 is 0 Å². The van der Waals surface area contributed by atoms with Gasteiger partial charge in [-0.2, -0.15) is 0 Å². The van der Waals surface area contributed by atoms with Gasteiger partial charge >= 0.3 is 0 Å². The third-order valence-corrected chi connectivity index (χ3v) is 2.48. The quantitative estimate of drug-likeness (QED) is 0.705. The average Bonchev–Trinajstić information content (AvgIpc) is 2.42. The molecule has 0 spiro atoms. The van der Waals surface area contributed by atoms with E-state index in [-0.39, 0.29) is 5.91 Å². The van der Waals surface area contributed by atoms with Crippen LogP contribution in [0.1, 0.15) is 21.6 Å². The molecule has 3 heteroatoms. The van der Waals surface area contributed by atoms with Crippen LogP contribution in [-0.4, -0.2) is 10.9 Å². The fraction of sp³-hybridized carbons (Fsp3) is 0.182. The van der Waals surface area contributed by atoms with Crippen LogP contribution in [0.15, 0.2) is 18.2 Å². The number of aryl methyl sites for hydroxylation is 2. The van der Waals surface area contributed by atoms with Gasteiger partial charge in [-0.3, -0.25) is 4.79 Å². The van der Waals surface area contributed by atoms with E-state index in [0.29, 0.717) is 5.56 Å². The average molecular weight is 188 g/mol. The number of amides is 1. The summed E-state index contributed by atoms with van der Waals surface area (Å²) in [6.07, 6.45) is 0. The van der Waals surface area contributed by atoms with Crippen LogP contribution < -0.4 is 5.73 Å². The highest BCUT2D eigenvalue weighted by Crippen LogP contribution is 2.23. The zero-order valence-electron chi connectivity index (χ0n) is 8.22. The van der Waals surface area contributed by atoms with Crippen molar-refractivity contribution in [2.24, 2.45) is 5.73 Å². The van der Waals surface area contributed by atoms with Gasteiger partial charge in [-0.1, -0.05) is 18.2 Å². The van der Waals surface area contributed by atoms with Gasteiger partial charge in [-0.25, -0.2) is 0 Å². The van der Waals surface area contributed by atoms with E-state index in [4.69, 9.17) is 5.73 Å². The number of rotatable bonds is 1. The first-order valence-electron chi connectivity index (χ1n) is 4.49. The van der Waals surface area contributed by atoms with Crippen LogP contribution in [0.3, 0.4) is 0 Å². The number of para-hydroxylation sites is 1. The highest BCUT2D eigenvalue weighted by atomic mass is 16.1. The molecule has 2 aromatic rings. The van der Waals surface area contributed by atoms with Crippen molar-refractivity contribution in [2.75, 3.05) is 0 Å². The highest BCUT2D eigenvalue weighted by Gasteiger charge is 2.13. The fourth-order valence-corrected chi connectivity index (χ4v) is 1.81. The molecule has 0 radical (unpaired) electrons. The third kappa shape index (κ3) is 1.09. The van der Waals surface area contributed by atoms with E-state index in [2.05, 4.69) is 4.98 Å². The molecule has 3 nitrogen and oxygen atoms in total. The molecule has 0 unspecified atom stereocenters. The number of hydrogen-bond donors (Lipinski definition) is 2. The van der Waals surface area contributed by atoms with Crippen molar-refractivity contribution in [1.82, 2.24) is 4.98 Å². The minimum absolute atomic E-state index is 0.376. The minimum Gasteiger partial charge on any atom is -0.366 e. The number of carbonyl (C=O) groups is 1. The minimum atomic E-state index is -0.376. The van der Waals surface area contributed by atoms with Crippen LogP contribution in [-0.2, 0) is 0 Å². The largest absolute Gasteiger partial charge is 0.366 e. The van der Waals surface area contributed by atoms with E-state index in [1.165, 1.54) is 0 Å². The molecule has 14 heavy (non-hydrogen) atoms. The van der Waals surface area contributed by atoms with Crippen molar-refractivity contribution in [2.45, 2.75) is 13.8 Å². The number of carbonyl (C=O) groups excluding carboxylic acids is 1. The van der Waals surface area contributed by atoms with E-state index in [1.807, 2.05) is 32.0 Å². The number of primary amides is 1. The van der Waals surface area contributed by atoms with Gasteiger partial charge in [0.05, 0.1) is 5.56 Å². The lowest BCUT2D eigenvalue weighted by Crippen LogP contribution is -2.11. The zero-order chi connectivity index (χ0) is 10.3. The van der Waals surface area contributed by atoms with E-state index in [9.17, 15) is 4.79 Å².